The molecule has 2 aromatic carbocycles. The highest BCUT2D eigenvalue weighted by atomic mass is 35.5. The zero-order valence-corrected chi connectivity index (χ0v) is 10.4. The van der Waals surface area contributed by atoms with E-state index in [0.717, 1.165) is 0 Å². The van der Waals surface area contributed by atoms with E-state index in [0.29, 0.717) is 16.1 Å². The summed E-state index contributed by atoms with van der Waals surface area (Å²) in [6.07, 6.45) is 1.40. The van der Waals surface area contributed by atoms with E-state index in [1.807, 2.05) is 0 Å². The number of phenolic OH excluding ortho intramolecular Hbond substituents is 1. The Hall–Kier alpha value is -1.87. The van der Waals surface area contributed by atoms with Crippen molar-refractivity contribution in [2.45, 2.75) is 6.92 Å². The number of phenols is 1. The van der Waals surface area contributed by atoms with Crippen molar-refractivity contribution in [1.29, 1.82) is 0 Å². The molecular formula is C14H11ClFNO. The topological polar surface area (TPSA) is 32.6 Å². The van der Waals surface area contributed by atoms with Crippen LogP contribution in [0.2, 0.25) is 5.02 Å². The van der Waals surface area contributed by atoms with Crippen LogP contribution in [0.5, 0.6) is 5.75 Å². The predicted molar refractivity (Wildman–Crippen MR) is 71.5 cm³/mol. The Balaban J connectivity index is 2.38. The molecule has 1 N–H and O–H groups in total. The normalized spacial score (nSPS) is 11.1. The number of para-hydroxylation sites is 1. The van der Waals surface area contributed by atoms with Crippen LogP contribution in [0.15, 0.2) is 41.4 Å². The summed E-state index contributed by atoms with van der Waals surface area (Å²) in [5.41, 5.74) is 1.33. The molecule has 18 heavy (non-hydrogen) atoms. The van der Waals surface area contributed by atoms with Gasteiger partial charge in [-0.3, -0.25) is 4.99 Å². The fraction of sp³-hybridized carbons (Fsp3) is 0.0714. The van der Waals surface area contributed by atoms with E-state index in [1.54, 1.807) is 37.3 Å². The summed E-state index contributed by atoms with van der Waals surface area (Å²) in [5, 5.41) is 10.3. The first-order valence-corrected chi connectivity index (χ1v) is 5.73. The summed E-state index contributed by atoms with van der Waals surface area (Å²) in [4.78, 5) is 4.00. The van der Waals surface area contributed by atoms with Gasteiger partial charge < -0.3 is 5.11 Å². The number of hydrogen-bond acceptors (Lipinski definition) is 2. The summed E-state index contributed by atoms with van der Waals surface area (Å²) in [6.45, 7) is 1.74. The fourth-order valence-electron chi connectivity index (χ4n) is 1.56. The van der Waals surface area contributed by atoms with Gasteiger partial charge in [0.1, 0.15) is 11.6 Å². The van der Waals surface area contributed by atoms with Gasteiger partial charge in [-0.1, -0.05) is 23.7 Å². The first-order valence-electron chi connectivity index (χ1n) is 5.35. The van der Waals surface area contributed by atoms with Crippen LogP contribution in [-0.4, -0.2) is 11.3 Å². The first-order chi connectivity index (χ1) is 8.58. The predicted octanol–water partition coefficient (Wildman–Crippen LogP) is 4.24. The van der Waals surface area contributed by atoms with Crippen LogP contribution in [0.4, 0.5) is 10.1 Å². The molecule has 0 aromatic heterocycles. The minimum absolute atomic E-state index is 0.0967. The molecule has 2 rings (SSSR count). The largest absolute Gasteiger partial charge is 0.507 e. The molecule has 2 nitrogen and oxygen atoms in total. The van der Waals surface area contributed by atoms with Gasteiger partial charge in [0.2, 0.25) is 0 Å². The number of rotatable bonds is 2. The average molecular weight is 264 g/mol. The summed E-state index contributed by atoms with van der Waals surface area (Å²) in [5.74, 6) is -0.313. The molecule has 0 unspecified atom stereocenters. The van der Waals surface area contributed by atoms with Crippen molar-refractivity contribution in [1.82, 2.24) is 0 Å². The van der Waals surface area contributed by atoms with E-state index >= 15 is 0 Å². The molecule has 0 saturated heterocycles. The van der Waals surface area contributed by atoms with Gasteiger partial charge in [0.05, 0.1) is 5.69 Å². The molecule has 0 radical (unpaired) electrons. The highest BCUT2D eigenvalue weighted by Gasteiger charge is 2.04. The van der Waals surface area contributed by atoms with Crippen LogP contribution in [0.3, 0.4) is 0 Å². The van der Waals surface area contributed by atoms with Crippen molar-refractivity contribution in [3.8, 4) is 5.75 Å². The Kier molecular flexibility index (Phi) is 3.63. The summed E-state index contributed by atoms with van der Waals surface area (Å²) < 4.78 is 13.3. The first kappa shape index (κ1) is 12.6. The van der Waals surface area contributed by atoms with Crippen molar-refractivity contribution in [2.24, 2.45) is 4.99 Å². The maximum Gasteiger partial charge on any atom is 0.148 e. The van der Waals surface area contributed by atoms with Gasteiger partial charge in [0.25, 0.3) is 0 Å². The van der Waals surface area contributed by atoms with E-state index in [-0.39, 0.29) is 11.4 Å². The molecule has 0 atom stereocenters. The molecule has 0 heterocycles. The molecule has 0 aliphatic heterocycles. The Morgan fingerprint density at radius 3 is 2.72 bits per heavy atom. The lowest BCUT2D eigenvalue weighted by atomic mass is 10.1. The SMILES string of the molecule is Cc1cc(Cl)cc(/C=N/c2ccccc2F)c1O. The van der Waals surface area contributed by atoms with Crippen LogP contribution in [0.1, 0.15) is 11.1 Å². The molecule has 0 aliphatic carbocycles. The maximum absolute atomic E-state index is 13.3. The second-order valence-electron chi connectivity index (χ2n) is 3.87. The standard InChI is InChI=1S/C14H11ClFNO/c1-9-6-11(15)7-10(14(9)18)8-17-13-5-3-2-4-12(13)16/h2-8,18H,1H3/b17-8+. The minimum Gasteiger partial charge on any atom is -0.507 e. The minimum atomic E-state index is -0.410. The molecule has 0 saturated carbocycles. The number of benzene rings is 2. The molecule has 0 spiro atoms. The van der Waals surface area contributed by atoms with Crippen molar-refractivity contribution < 1.29 is 9.50 Å². The van der Waals surface area contributed by atoms with Crippen molar-refractivity contribution in [3.05, 3.63) is 58.4 Å². The number of hydrogen-bond donors (Lipinski definition) is 1. The summed E-state index contributed by atoms with van der Waals surface area (Å²) in [6, 6.07) is 9.40. The Labute approximate surface area is 109 Å². The zero-order valence-electron chi connectivity index (χ0n) is 9.69. The van der Waals surface area contributed by atoms with Crippen LogP contribution >= 0.6 is 11.6 Å². The van der Waals surface area contributed by atoms with Crippen molar-refractivity contribution in [3.63, 3.8) is 0 Å². The number of halogens is 2. The smallest absolute Gasteiger partial charge is 0.148 e. The molecule has 0 amide bonds. The lowest BCUT2D eigenvalue weighted by Crippen LogP contribution is -1.86. The quantitative estimate of drug-likeness (QED) is 0.808. The zero-order chi connectivity index (χ0) is 13.1. The maximum atomic E-state index is 13.3. The average Bonchev–Trinajstić information content (AvgIpc) is 2.33. The second-order valence-corrected chi connectivity index (χ2v) is 4.31. The van der Waals surface area contributed by atoms with Crippen LogP contribution in [0.25, 0.3) is 0 Å². The molecule has 4 heteroatoms. The number of aromatic hydroxyl groups is 1. The Bertz CT molecular complexity index is 611. The van der Waals surface area contributed by atoms with Crippen LogP contribution in [-0.2, 0) is 0 Å². The lowest BCUT2D eigenvalue weighted by molar-refractivity contribution is 0.470. The van der Waals surface area contributed by atoms with E-state index in [9.17, 15) is 9.50 Å². The van der Waals surface area contributed by atoms with E-state index in [2.05, 4.69) is 4.99 Å². The van der Waals surface area contributed by atoms with Gasteiger partial charge in [-0.15, -0.1) is 0 Å². The fourth-order valence-corrected chi connectivity index (χ4v) is 1.84. The highest BCUT2D eigenvalue weighted by Crippen LogP contribution is 2.26. The van der Waals surface area contributed by atoms with Gasteiger partial charge >= 0.3 is 0 Å². The van der Waals surface area contributed by atoms with Gasteiger partial charge in [0, 0.05) is 16.8 Å². The lowest BCUT2D eigenvalue weighted by Gasteiger charge is -2.03. The number of aliphatic imine (C=N–C) groups is 1. The Morgan fingerprint density at radius 1 is 1.28 bits per heavy atom. The molecule has 0 fully saturated rings. The van der Waals surface area contributed by atoms with Gasteiger partial charge in [-0.2, -0.15) is 0 Å². The molecular weight excluding hydrogens is 253 g/mol. The Morgan fingerprint density at radius 2 is 2.00 bits per heavy atom. The van der Waals surface area contributed by atoms with Crippen LogP contribution < -0.4 is 0 Å². The van der Waals surface area contributed by atoms with E-state index in [4.69, 9.17) is 11.6 Å². The van der Waals surface area contributed by atoms with Crippen molar-refractivity contribution in [2.75, 3.05) is 0 Å². The third kappa shape index (κ3) is 2.68. The van der Waals surface area contributed by atoms with Crippen molar-refractivity contribution >= 4 is 23.5 Å². The van der Waals surface area contributed by atoms with Gasteiger partial charge in [0.15, 0.2) is 0 Å². The molecule has 92 valence electrons. The molecule has 2 aromatic rings. The van der Waals surface area contributed by atoms with Crippen LogP contribution in [0, 0.1) is 12.7 Å². The summed E-state index contributed by atoms with van der Waals surface area (Å²) in [7, 11) is 0. The number of aryl methyl sites for hydroxylation is 1. The molecule has 0 bridgehead atoms. The van der Waals surface area contributed by atoms with E-state index < -0.39 is 5.82 Å². The third-order valence-corrected chi connectivity index (χ3v) is 2.71. The highest BCUT2D eigenvalue weighted by molar-refractivity contribution is 6.31. The monoisotopic (exact) mass is 263 g/mol. The second kappa shape index (κ2) is 5.19. The van der Waals surface area contributed by atoms with E-state index in [1.165, 1.54) is 12.3 Å². The number of nitrogens with zero attached hydrogens (tertiary/aromatic N) is 1. The third-order valence-electron chi connectivity index (χ3n) is 2.49. The molecule has 0 aliphatic rings. The van der Waals surface area contributed by atoms with Gasteiger partial charge in [-0.25, -0.2) is 4.39 Å². The summed E-state index contributed by atoms with van der Waals surface area (Å²) >= 11 is 5.89. The van der Waals surface area contributed by atoms with Gasteiger partial charge in [-0.05, 0) is 36.8 Å².